The summed E-state index contributed by atoms with van der Waals surface area (Å²) >= 11 is 6.08. The number of aromatic hydroxyl groups is 1. The van der Waals surface area contributed by atoms with E-state index in [9.17, 15) is 5.11 Å². The number of phenols is 1. The molecule has 3 rings (SSSR count). The molecule has 102 valence electrons. The van der Waals surface area contributed by atoms with Gasteiger partial charge in [0.25, 0.3) is 0 Å². The lowest BCUT2D eigenvalue weighted by atomic mass is 10.0. The Balaban J connectivity index is 2.11. The monoisotopic (exact) mass is 287 g/mol. The van der Waals surface area contributed by atoms with Crippen LogP contribution in [-0.4, -0.2) is 10.1 Å². The van der Waals surface area contributed by atoms with Crippen LogP contribution in [-0.2, 0) is 0 Å². The summed E-state index contributed by atoms with van der Waals surface area (Å²) in [5, 5.41) is 10.6. The maximum Gasteiger partial charge on any atom is 0.227 e. The van der Waals surface area contributed by atoms with Crippen LogP contribution in [0.15, 0.2) is 40.8 Å². The fraction of sp³-hybridized carbons (Fsp3) is 0.188. The summed E-state index contributed by atoms with van der Waals surface area (Å²) in [5.41, 5.74) is 2.92. The predicted octanol–water partition coefficient (Wildman–Crippen LogP) is 4.98. The Morgan fingerprint density at radius 1 is 1.20 bits per heavy atom. The Morgan fingerprint density at radius 2 is 2.00 bits per heavy atom. The Kier molecular flexibility index (Phi) is 3.14. The molecule has 2 aromatic carbocycles. The molecule has 0 aliphatic heterocycles. The largest absolute Gasteiger partial charge is 0.508 e. The Labute approximate surface area is 121 Å². The standard InChI is InChI=1S/C16H14ClNO2/c1-9(2)11-7-6-10(8-13(11)19)16-18-15-12(17)4-3-5-14(15)20-16/h3-9,19H,1-2H3. The van der Waals surface area contributed by atoms with E-state index in [0.717, 1.165) is 11.1 Å². The Bertz CT molecular complexity index is 777. The van der Waals surface area contributed by atoms with Gasteiger partial charge in [-0.2, -0.15) is 0 Å². The van der Waals surface area contributed by atoms with E-state index in [0.29, 0.717) is 22.0 Å². The van der Waals surface area contributed by atoms with Crippen LogP contribution in [0.1, 0.15) is 25.3 Å². The van der Waals surface area contributed by atoms with E-state index in [2.05, 4.69) is 4.98 Å². The van der Waals surface area contributed by atoms with E-state index in [-0.39, 0.29) is 11.7 Å². The van der Waals surface area contributed by atoms with Crippen molar-refractivity contribution in [3.8, 4) is 17.2 Å². The van der Waals surface area contributed by atoms with Crippen LogP contribution in [0.5, 0.6) is 5.75 Å². The number of para-hydroxylation sites is 1. The van der Waals surface area contributed by atoms with E-state index in [1.165, 1.54) is 0 Å². The van der Waals surface area contributed by atoms with Crippen molar-refractivity contribution < 1.29 is 9.52 Å². The van der Waals surface area contributed by atoms with Crippen molar-refractivity contribution in [3.63, 3.8) is 0 Å². The highest BCUT2D eigenvalue weighted by atomic mass is 35.5. The van der Waals surface area contributed by atoms with E-state index in [4.69, 9.17) is 16.0 Å². The number of benzene rings is 2. The molecule has 0 radical (unpaired) electrons. The van der Waals surface area contributed by atoms with Crippen LogP contribution in [0.4, 0.5) is 0 Å². The van der Waals surface area contributed by atoms with Gasteiger partial charge in [-0.1, -0.05) is 37.6 Å². The van der Waals surface area contributed by atoms with Gasteiger partial charge in [-0.15, -0.1) is 0 Å². The van der Waals surface area contributed by atoms with Gasteiger partial charge in [-0.3, -0.25) is 0 Å². The molecule has 0 saturated heterocycles. The first kappa shape index (κ1) is 13.0. The molecule has 0 unspecified atom stereocenters. The van der Waals surface area contributed by atoms with Crippen LogP contribution < -0.4 is 0 Å². The summed E-state index contributed by atoms with van der Waals surface area (Å²) < 4.78 is 5.68. The number of oxazole rings is 1. The van der Waals surface area contributed by atoms with Crippen LogP contribution >= 0.6 is 11.6 Å². The Hall–Kier alpha value is -2.00. The zero-order chi connectivity index (χ0) is 14.3. The van der Waals surface area contributed by atoms with Crippen molar-refractivity contribution >= 4 is 22.7 Å². The third kappa shape index (κ3) is 2.14. The summed E-state index contributed by atoms with van der Waals surface area (Å²) in [7, 11) is 0. The van der Waals surface area contributed by atoms with Crippen molar-refractivity contribution in [3.05, 3.63) is 47.0 Å². The molecule has 1 N–H and O–H groups in total. The molecule has 0 atom stereocenters. The number of phenolic OH excluding ortho intramolecular Hbond substituents is 1. The highest BCUT2D eigenvalue weighted by Crippen LogP contribution is 2.33. The highest BCUT2D eigenvalue weighted by molar-refractivity contribution is 6.34. The lowest BCUT2D eigenvalue weighted by molar-refractivity contribution is 0.464. The van der Waals surface area contributed by atoms with E-state index >= 15 is 0 Å². The summed E-state index contributed by atoms with van der Waals surface area (Å²) in [6, 6.07) is 10.9. The molecule has 1 heterocycles. The average molecular weight is 288 g/mol. The van der Waals surface area contributed by atoms with E-state index < -0.39 is 0 Å². The molecule has 0 amide bonds. The Morgan fingerprint density at radius 3 is 2.65 bits per heavy atom. The molecule has 0 bridgehead atoms. The fourth-order valence-electron chi connectivity index (χ4n) is 2.20. The second-order valence-corrected chi connectivity index (χ2v) is 5.44. The summed E-state index contributed by atoms with van der Waals surface area (Å²) in [6.07, 6.45) is 0. The number of nitrogens with zero attached hydrogens (tertiary/aromatic N) is 1. The van der Waals surface area contributed by atoms with Gasteiger partial charge < -0.3 is 9.52 Å². The van der Waals surface area contributed by atoms with Crippen molar-refractivity contribution in [1.29, 1.82) is 0 Å². The highest BCUT2D eigenvalue weighted by Gasteiger charge is 2.13. The maximum absolute atomic E-state index is 10.1. The maximum atomic E-state index is 10.1. The first-order valence-corrected chi connectivity index (χ1v) is 6.82. The summed E-state index contributed by atoms with van der Waals surface area (Å²) in [6.45, 7) is 4.07. The van der Waals surface area contributed by atoms with Gasteiger partial charge in [-0.25, -0.2) is 4.98 Å². The van der Waals surface area contributed by atoms with Gasteiger partial charge in [0, 0.05) is 5.56 Å². The third-order valence-electron chi connectivity index (χ3n) is 3.27. The number of aromatic nitrogens is 1. The second kappa shape index (κ2) is 4.84. The minimum absolute atomic E-state index is 0.255. The first-order chi connectivity index (χ1) is 9.56. The third-order valence-corrected chi connectivity index (χ3v) is 3.57. The molecule has 0 fully saturated rings. The molecule has 0 spiro atoms. The second-order valence-electron chi connectivity index (χ2n) is 5.03. The molecule has 1 aromatic heterocycles. The van der Waals surface area contributed by atoms with Crippen molar-refractivity contribution in [1.82, 2.24) is 4.98 Å². The topological polar surface area (TPSA) is 46.3 Å². The first-order valence-electron chi connectivity index (χ1n) is 6.44. The van der Waals surface area contributed by atoms with E-state index in [1.807, 2.05) is 38.1 Å². The lowest BCUT2D eigenvalue weighted by Gasteiger charge is -2.08. The normalized spacial score (nSPS) is 11.4. The molecular formula is C16H14ClNO2. The minimum atomic E-state index is 0.255. The van der Waals surface area contributed by atoms with Gasteiger partial charge >= 0.3 is 0 Å². The number of fused-ring (bicyclic) bond motifs is 1. The minimum Gasteiger partial charge on any atom is -0.508 e. The number of hydrogen-bond acceptors (Lipinski definition) is 3. The molecule has 3 nitrogen and oxygen atoms in total. The van der Waals surface area contributed by atoms with Crippen molar-refractivity contribution in [2.45, 2.75) is 19.8 Å². The SMILES string of the molecule is CC(C)c1ccc(-c2nc3c(Cl)cccc3o2)cc1O. The van der Waals surface area contributed by atoms with Crippen LogP contribution in [0.2, 0.25) is 5.02 Å². The zero-order valence-electron chi connectivity index (χ0n) is 11.2. The van der Waals surface area contributed by atoms with Gasteiger partial charge in [-0.05, 0) is 35.7 Å². The number of halogens is 1. The van der Waals surface area contributed by atoms with E-state index in [1.54, 1.807) is 12.1 Å². The lowest BCUT2D eigenvalue weighted by Crippen LogP contribution is -1.88. The fourth-order valence-corrected chi connectivity index (χ4v) is 2.41. The van der Waals surface area contributed by atoms with Crippen LogP contribution in [0.25, 0.3) is 22.6 Å². The summed E-state index contributed by atoms with van der Waals surface area (Å²) in [4.78, 5) is 4.39. The average Bonchev–Trinajstić information content (AvgIpc) is 2.83. The molecular weight excluding hydrogens is 274 g/mol. The number of hydrogen-bond donors (Lipinski definition) is 1. The van der Waals surface area contributed by atoms with Crippen LogP contribution in [0, 0.1) is 0 Å². The van der Waals surface area contributed by atoms with Gasteiger partial charge in [0.05, 0.1) is 5.02 Å². The molecule has 0 aliphatic rings. The van der Waals surface area contributed by atoms with Crippen LogP contribution in [0.3, 0.4) is 0 Å². The number of rotatable bonds is 2. The van der Waals surface area contributed by atoms with Gasteiger partial charge in [0.1, 0.15) is 11.3 Å². The van der Waals surface area contributed by atoms with Crippen molar-refractivity contribution in [2.24, 2.45) is 0 Å². The van der Waals surface area contributed by atoms with Crippen molar-refractivity contribution in [2.75, 3.05) is 0 Å². The molecule has 0 saturated carbocycles. The quantitative estimate of drug-likeness (QED) is 0.723. The predicted molar refractivity (Wildman–Crippen MR) is 80.2 cm³/mol. The molecule has 4 heteroatoms. The summed E-state index contributed by atoms with van der Waals surface area (Å²) in [5.74, 6) is 0.978. The molecule has 20 heavy (non-hydrogen) atoms. The van der Waals surface area contributed by atoms with Gasteiger partial charge in [0.15, 0.2) is 5.58 Å². The van der Waals surface area contributed by atoms with Gasteiger partial charge in [0.2, 0.25) is 5.89 Å². The molecule has 3 aromatic rings. The smallest absolute Gasteiger partial charge is 0.227 e. The molecule has 0 aliphatic carbocycles. The zero-order valence-corrected chi connectivity index (χ0v) is 12.0.